The van der Waals surface area contributed by atoms with Crippen molar-refractivity contribution < 1.29 is 18.3 Å². The van der Waals surface area contributed by atoms with Crippen LogP contribution >= 0.6 is 0 Å². The quantitative estimate of drug-likeness (QED) is 0.499. The number of esters is 1. The van der Waals surface area contributed by atoms with Crippen molar-refractivity contribution in [3.05, 3.63) is 65.5 Å². The summed E-state index contributed by atoms with van der Waals surface area (Å²) in [6, 6.07) is 13.8. The Labute approximate surface area is 174 Å². The third-order valence-electron chi connectivity index (χ3n) is 5.22. The van der Waals surface area contributed by atoms with Gasteiger partial charge in [-0.25, -0.2) is 9.00 Å². The fraction of sp³-hybridized carbons (Fsp3) is 0.429. The number of carbonyl (C=O) groups is 1. The van der Waals surface area contributed by atoms with Gasteiger partial charge in [0.25, 0.3) is 0 Å². The SMILES string of the molecule is COC(=O)c1ccc(CN(CCC(c2ccccc2)N2CCCC2)S(=O)O)nc1. The van der Waals surface area contributed by atoms with Crippen LogP contribution in [0.25, 0.3) is 0 Å². The van der Waals surface area contributed by atoms with Gasteiger partial charge in [-0.15, -0.1) is 0 Å². The number of hydrogen-bond donors (Lipinski definition) is 1. The third kappa shape index (κ3) is 5.93. The Kier molecular flexibility index (Phi) is 7.88. The van der Waals surface area contributed by atoms with Crippen LogP contribution in [0.1, 0.15) is 46.9 Å². The molecule has 156 valence electrons. The summed E-state index contributed by atoms with van der Waals surface area (Å²) in [4.78, 5) is 18.2. The van der Waals surface area contributed by atoms with Crippen LogP contribution in [0.4, 0.5) is 0 Å². The number of carbonyl (C=O) groups excluding carboxylic acids is 1. The number of aromatic nitrogens is 1. The zero-order valence-corrected chi connectivity index (χ0v) is 17.4. The molecule has 1 aromatic heterocycles. The van der Waals surface area contributed by atoms with Crippen LogP contribution < -0.4 is 0 Å². The smallest absolute Gasteiger partial charge is 0.339 e. The molecule has 2 aromatic rings. The second-order valence-corrected chi connectivity index (χ2v) is 8.06. The molecule has 7 nitrogen and oxygen atoms in total. The zero-order valence-electron chi connectivity index (χ0n) is 16.6. The van der Waals surface area contributed by atoms with Crippen molar-refractivity contribution in [2.75, 3.05) is 26.7 Å². The van der Waals surface area contributed by atoms with Crippen LogP contribution in [0.15, 0.2) is 48.7 Å². The van der Waals surface area contributed by atoms with Crippen LogP contribution in [-0.2, 0) is 22.5 Å². The lowest BCUT2D eigenvalue weighted by molar-refractivity contribution is 0.0600. The van der Waals surface area contributed by atoms with Crippen LogP contribution in [0.2, 0.25) is 0 Å². The Balaban J connectivity index is 1.67. The summed E-state index contributed by atoms with van der Waals surface area (Å²) >= 11 is -2.11. The van der Waals surface area contributed by atoms with Gasteiger partial charge in [0.2, 0.25) is 11.3 Å². The van der Waals surface area contributed by atoms with Crippen LogP contribution in [0.3, 0.4) is 0 Å². The summed E-state index contributed by atoms with van der Waals surface area (Å²) in [7, 11) is 1.32. The number of hydrogen-bond acceptors (Lipinski definition) is 5. The van der Waals surface area contributed by atoms with Gasteiger partial charge in [0.1, 0.15) is 0 Å². The number of ether oxygens (including phenoxy) is 1. The maximum absolute atomic E-state index is 11.9. The van der Waals surface area contributed by atoms with E-state index >= 15 is 0 Å². The van der Waals surface area contributed by atoms with E-state index < -0.39 is 17.2 Å². The van der Waals surface area contributed by atoms with E-state index in [1.807, 2.05) is 18.2 Å². The number of rotatable bonds is 9. The summed E-state index contributed by atoms with van der Waals surface area (Å²) in [6.45, 7) is 2.79. The summed E-state index contributed by atoms with van der Waals surface area (Å²) in [5.74, 6) is -0.456. The second-order valence-electron chi connectivity index (χ2n) is 7.08. The van der Waals surface area contributed by atoms with Gasteiger partial charge in [-0.1, -0.05) is 30.3 Å². The van der Waals surface area contributed by atoms with Gasteiger partial charge in [0.15, 0.2) is 0 Å². The fourth-order valence-electron chi connectivity index (χ4n) is 3.70. The summed E-state index contributed by atoms with van der Waals surface area (Å²) < 4.78 is 27.9. The first kappa shape index (κ1) is 21.6. The highest BCUT2D eigenvalue weighted by Gasteiger charge is 2.25. The third-order valence-corrected chi connectivity index (χ3v) is 5.98. The monoisotopic (exact) mass is 417 g/mol. The van der Waals surface area contributed by atoms with Crippen LogP contribution in [-0.4, -0.2) is 55.7 Å². The Morgan fingerprint density at radius 3 is 2.55 bits per heavy atom. The fourth-order valence-corrected chi connectivity index (χ4v) is 4.21. The van der Waals surface area contributed by atoms with Crippen molar-refractivity contribution in [1.29, 1.82) is 0 Å². The predicted molar refractivity (Wildman–Crippen MR) is 111 cm³/mol. The first-order valence-electron chi connectivity index (χ1n) is 9.76. The van der Waals surface area contributed by atoms with Gasteiger partial charge in [-0.05, 0) is 50.0 Å². The Morgan fingerprint density at radius 1 is 1.24 bits per heavy atom. The van der Waals surface area contributed by atoms with E-state index in [0.717, 1.165) is 19.5 Å². The second kappa shape index (κ2) is 10.6. The molecule has 8 heteroatoms. The van der Waals surface area contributed by atoms with Crippen molar-refractivity contribution in [3.63, 3.8) is 0 Å². The van der Waals surface area contributed by atoms with E-state index in [1.165, 1.54) is 36.0 Å². The molecule has 0 saturated carbocycles. The normalized spacial score (nSPS) is 16.7. The van der Waals surface area contributed by atoms with E-state index in [9.17, 15) is 13.6 Å². The number of pyridine rings is 1. The van der Waals surface area contributed by atoms with Crippen molar-refractivity contribution in [2.24, 2.45) is 0 Å². The molecule has 1 fully saturated rings. The van der Waals surface area contributed by atoms with E-state index in [4.69, 9.17) is 0 Å². The highest BCUT2D eigenvalue weighted by atomic mass is 32.2. The first-order chi connectivity index (χ1) is 14.1. The molecule has 0 bridgehead atoms. The van der Waals surface area contributed by atoms with E-state index in [-0.39, 0.29) is 12.6 Å². The van der Waals surface area contributed by atoms with Gasteiger partial charge in [0, 0.05) is 18.8 Å². The molecule has 0 aliphatic carbocycles. The molecule has 1 N–H and O–H groups in total. The topological polar surface area (TPSA) is 83.0 Å². The van der Waals surface area contributed by atoms with Gasteiger partial charge in [-0.2, -0.15) is 4.31 Å². The summed E-state index contributed by atoms with van der Waals surface area (Å²) in [6.07, 6.45) is 4.55. The lowest BCUT2D eigenvalue weighted by Crippen LogP contribution is -2.32. The highest BCUT2D eigenvalue weighted by molar-refractivity contribution is 7.76. The molecule has 1 aliphatic heterocycles. The Bertz CT molecular complexity index is 810. The number of likely N-dealkylation sites (tertiary alicyclic amines) is 1. The number of benzene rings is 1. The standard InChI is InChI=1S/C21H27N3O4S/c1-28-21(25)18-9-10-19(22-15-18)16-24(29(26)27)14-11-20(23-12-5-6-13-23)17-7-3-2-4-8-17/h2-4,7-10,15,20H,5-6,11-14,16H2,1H3,(H,26,27). The average Bonchev–Trinajstić information content (AvgIpc) is 3.28. The van der Waals surface area contributed by atoms with Crippen LogP contribution in [0.5, 0.6) is 0 Å². The molecular weight excluding hydrogens is 390 g/mol. The molecule has 2 unspecified atom stereocenters. The van der Waals surface area contributed by atoms with Crippen molar-refractivity contribution in [3.8, 4) is 0 Å². The minimum atomic E-state index is -2.11. The average molecular weight is 418 g/mol. The molecule has 29 heavy (non-hydrogen) atoms. The molecule has 2 atom stereocenters. The Morgan fingerprint density at radius 2 is 1.97 bits per heavy atom. The molecule has 0 radical (unpaired) electrons. The minimum Gasteiger partial charge on any atom is -0.465 e. The molecule has 1 aromatic carbocycles. The number of methoxy groups -OCH3 is 1. The number of nitrogens with zero attached hydrogens (tertiary/aromatic N) is 3. The Hall–Kier alpha value is -2.13. The van der Waals surface area contributed by atoms with Crippen molar-refractivity contribution in [1.82, 2.24) is 14.2 Å². The molecule has 1 aliphatic rings. The molecular formula is C21H27N3O4S. The molecule has 2 heterocycles. The van der Waals surface area contributed by atoms with Crippen LogP contribution in [0, 0.1) is 0 Å². The van der Waals surface area contributed by atoms with E-state index in [1.54, 1.807) is 12.1 Å². The zero-order chi connectivity index (χ0) is 20.6. The highest BCUT2D eigenvalue weighted by Crippen LogP contribution is 2.28. The minimum absolute atomic E-state index is 0.222. The van der Waals surface area contributed by atoms with Gasteiger partial charge in [-0.3, -0.25) is 14.4 Å². The predicted octanol–water partition coefficient (Wildman–Crippen LogP) is 3.03. The van der Waals surface area contributed by atoms with Gasteiger partial charge >= 0.3 is 5.97 Å². The molecule has 0 amide bonds. The first-order valence-corrected chi connectivity index (χ1v) is 10.8. The largest absolute Gasteiger partial charge is 0.465 e. The van der Waals surface area contributed by atoms with E-state index in [2.05, 4.69) is 26.8 Å². The maximum Gasteiger partial charge on any atom is 0.339 e. The molecule has 0 spiro atoms. The van der Waals surface area contributed by atoms with Gasteiger partial charge < -0.3 is 4.74 Å². The lowest BCUT2D eigenvalue weighted by Gasteiger charge is -2.29. The summed E-state index contributed by atoms with van der Waals surface area (Å²) in [5.41, 5.74) is 2.21. The lowest BCUT2D eigenvalue weighted by atomic mass is 10.0. The van der Waals surface area contributed by atoms with Crippen molar-refractivity contribution in [2.45, 2.75) is 31.8 Å². The molecule has 3 rings (SSSR count). The van der Waals surface area contributed by atoms with Crippen molar-refractivity contribution >= 4 is 17.2 Å². The maximum atomic E-state index is 11.9. The van der Waals surface area contributed by atoms with Gasteiger partial charge in [0.05, 0.1) is 24.9 Å². The van der Waals surface area contributed by atoms with E-state index in [0.29, 0.717) is 17.8 Å². The molecule has 1 saturated heterocycles. The summed E-state index contributed by atoms with van der Waals surface area (Å²) in [5, 5.41) is 0.